The summed E-state index contributed by atoms with van der Waals surface area (Å²) in [5.74, 6) is 0.241. The second kappa shape index (κ2) is 4.56. The third-order valence-electron chi connectivity index (χ3n) is 3.10. The second-order valence-electron chi connectivity index (χ2n) is 4.24. The second-order valence-corrected chi connectivity index (χ2v) is 4.24. The van der Waals surface area contributed by atoms with Crippen LogP contribution in [0, 0.1) is 0 Å². The molecule has 3 nitrogen and oxygen atoms in total. The van der Waals surface area contributed by atoms with Gasteiger partial charge in [-0.2, -0.15) is 0 Å². The molecule has 16 heavy (non-hydrogen) atoms. The number of nitrogens with zero attached hydrogens (tertiary/aromatic N) is 1. The Kier molecular flexibility index (Phi) is 3.13. The van der Waals surface area contributed by atoms with Crippen LogP contribution in [0.3, 0.4) is 0 Å². The molecule has 1 aromatic rings. The highest BCUT2D eigenvalue weighted by Crippen LogP contribution is 2.27. The molecule has 86 valence electrons. The van der Waals surface area contributed by atoms with Crippen molar-refractivity contribution in [2.45, 2.75) is 32.6 Å². The topological polar surface area (TPSA) is 46.3 Å². The number of piperidine rings is 1. The zero-order chi connectivity index (χ0) is 11.5. The quantitative estimate of drug-likeness (QED) is 0.774. The molecule has 0 aromatic heterocycles. The average molecular weight is 218 g/mol. The lowest BCUT2D eigenvalue weighted by Crippen LogP contribution is -2.35. The van der Waals surface area contributed by atoms with Gasteiger partial charge in [-0.1, -0.05) is 6.92 Å². The predicted molar refractivity (Wildman–Crippen MR) is 66.4 cm³/mol. The summed E-state index contributed by atoms with van der Waals surface area (Å²) < 4.78 is 0. The Balaban J connectivity index is 2.34. The highest BCUT2D eigenvalue weighted by Gasteiger charge is 2.21. The van der Waals surface area contributed by atoms with Crippen molar-refractivity contribution in [2.75, 3.05) is 17.2 Å². The van der Waals surface area contributed by atoms with Crippen molar-refractivity contribution in [3.05, 3.63) is 23.8 Å². The minimum absolute atomic E-state index is 0.241. The molecule has 1 aliphatic heterocycles. The molecule has 1 saturated heterocycles. The molecule has 0 atom stereocenters. The van der Waals surface area contributed by atoms with E-state index in [2.05, 4.69) is 6.92 Å². The van der Waals surface area contributed by atoms with Crippen LogP contribution in [-0.4, -0.2) is 12.5 Å². The van der Waals surface area contributed by atoms with E-state index in [-0.39, 0.29) is 5.91 Å². The predicted octanol–water partition coefficient (Wildman–Crippen LogP) is 2.35. The van der Waals surface area contributed by atoms with Crippen LogP contribution in [0.25, 0.3) is 0 Å². The molecule has 1 aliphatic rings. The Morgan fingerprint density at radius 1 is 1.38 bits per heavy atom. The molecule has 0 aliphatic carbocycles. The number of anilines is 2. The Hall–Kier alpha value is -1.51. The first kappa shape index (κ1) is 11.0. The fraction of sp³-hybridized carbons (Fsp3) is 0.462. The highest BCUT2D eigenvalue weighted by molar-refractivity contribution is 5.95. The van der Waals surface area contributed by atoms with Crippen molar-refractivity contribution in [3.63, 3.8) is 0 Å². The smallest absolute Gasteiger partial charge is 0.226 e. The van der Waals surface area contributed by atoms with Crippen LogP contribution in [0.5, 0.6) is 0 Å². The van der Waals surface area contributed by atoms with Gasteiger partial charge in [0.25, 0.3) is 0 Å². The number of aryl methyl sites for hydroxylation is 1. The fourth-order valence-electron chi connectivity index (χ4n) is 2.21. The molecule has 1 fully saturated rings. The van der Waals surface area contributed by atoms with E-state index in [1.54, 1.807) is 0 Å². The van der Waals surface area contributed by atoms with Crippen molar-refractivity contribution in [2.24, 2.45) is 0 Å². The van der Waals surface area contributed by atoms with Gasteiger partial charge < -0.3 is 10.6 Å². The van der Waals surface area contributed by atoms with E-state index >= 15 is 0 Å². The first-order valence-corrected chi connectivity index (χ1v) is 5.91. The minimum Gasteiger partial charge on any atom is -0.399 e. The average Bonchev–Trinajstić information content (AvgIpc) is 2.30. The number of amides is 1. The van der Waals surface area contributed by atoms with Crippen LogP contribution in [-0.2, 0) is 11.2 Å². The largest absolute Gasteiger partial charge is 0.399 e. The fourth-order valence-corrected chi connectivity index (χ4v) is 2.21. The van der Waals surface area contributed by atoms with Gasteiger partial charge in [-0.25, -0.2) is 0 Å². The number of carbonyl (C=O) groups is 1. The van der Waals surface area contributed by atoms with Crippen LogP contribution in [0.4, 0.5) is 11.4 Å². The van der Waals surface area contributed by atoms with Crippen molar-refractivity contribution in [3.8, 4) is 0 Å². The van der Waals surface area contributed by atoms with Crippen LogP contribution in [0.15, 0.2) is 18.2 Å². The lowest BCUT2D eigenvalue weighted by atomic mass is 10.0. The van der Waals surface area contributed by atoms with Gasteiger partial charge in [0.05, 0.1) is 0 Å². The van der Waals surface area contributed by atoms with Gasteiger partial charge in [-0.3, -0.25) is 4.79 Å². The summed E-state index contributed by atoms with van der Waals surface area (Å²) >= 11 is 0. The monoisotopic (exact) mass is 218 g/mol. The van der Waals surface area contributed by atoms with Crippen molar-refractivity contribution in [1.29, 1.82) is 0 Å². The third kappa shape index (κ3) is 2.03. The number of benzene rings is 1. The summed E-state index contributed by atoms with van der Waals surface area (Å²) in [6.45, 7) is 2.93. The molecule has 3 heteroatoms. The molecular weight excluding hydrogens is 200 g/mol. The summed E-state index contributed by atoms with van der Waals surface area (Å²) in [5, 5.41) is 0. The number of nitrogens with two attached hydrogens (primary N) is 1. The van der Waals surface area contributed by atoms with Crippen LogP contribution in [0.1, 0.15) is 31.7 Å². The third-order valence-corrected chi connectivity index (χ3v) is 3.10. The lowest BCUT2D eigenvalue weighted by Gasteiger charge is -2.28. The van der Waals surface area contributed by atoms with Crippen molar-refractivity contribution in [1.82, 2.24) is 0 Å². The molecule has 1 heterocycles. The van der Waals surface area contributed by atoms with E-state index < -0.39 is 0 Å². The zero-order valence-electron chi connectivity index (χ0n) is 9.70. The van der Waals surface area contributed by atoms with Gasteiger partial charge in [-0.15, -0.1) is 0 Å². The molecule has 1 amide bonds. The number of hydrogen-bond donors (Lipinski definition) is 1. The minimum atomic E-state index is 0.241. The number of nitrogen functional groups attached to an aromatic ring is 1. The van der Waals surface area contributed by atoms with Gasteiger partial charge >= 0.3 is 0 Å². The first-order chi connectivity index (χ1) is 7.72. The standard InChI is InChI=1S/C13H18N2O/c1-2-10-9-11(14)6-7-12(10)15-8-4-3-5-13(15)16/h6-7,9H,2-5,8,14H2,1H3. The van der Waals surface area contributed by atoms with Gasteiger partial charge in [0.2, 0.25) is 5.91 Å². The van der Waals surface area contributed by atoms with E-state index in [4.69, 9.17) is 5.73 Å². The van der Waals surface area contributed by atoms with Crippen molar-refractivity contribution >= 4 is 17.3 Å². The van der Waals surface area contributed by atoms with E-state index in [0.717, 1.165) is 42.7 Å². The molecule has 0 bridgehead atoms. The Bertz CT molecular complexity index is 401. The zero-order valence-corrected chi connectivity index (χ0v) is 9.70. The summed E-state index contributed by atoms with van der Waals surface area (Å²) in [4.78, 5) is 13.7. The van der Waals surface area contributed by atoms with E-state index in [1.165, 1.54) is 0 Å². The summed E-state index contributed by atoms with van der Waals surface area (Å²) in [5.41, 5.74) is 8.74. The SMILES string of the molecule is CCc1cc(N)ccc1N1CCCCC1=O. The van der Waals surface area contributed by atoms with Gasteiger partial charge in [-0.05, 0) is 43.0 Å². The molecule has 2 rings (SSSR count). The van der Waals surface area contributed by atoms with Gasteiger partial charge in [0.15, 0.2) is 0 Å². The molecule has 0 saturated carbocycles. The number of hydrogen-bond acceptors (Lipinski definition) is 2. The number of carbonyl (C=O) groups excluding carboxylic acids is 1. The summed E-state index contributed by atoms with van der Waals surface area (Å²) in [7, 11) is 0. The van der Waals surface area contributed by atoms with Crippen LogP contribution in [0.2, 0.25) is 0 Å². The van der Waals surface area contributed by atoms with E-state index in [1.807, 2.05) is 23.1 Å². The summed E-state index contributed by atoms with van der Waals surface area (Å²) in [6, 6.07) is 5.81. The van der Waals surface area contributed by atoms with E-state index in [9.17, 15) is 4.79 Å². The normalized spacial score (nSPS) is 16.6. The first-order valence-electron chi connectivity index (χ1n) is 5.91. The van der Waals surface area contributed by atoms with E-state index in [0.29, 0.717) is 6.42 Å². The Morgan fingerprint density at radius 3 is 2.88 bits per heavy atom. The maximum absolute atomic E-state index is 11.8. The molecular formula is C13H18N2O. The number of rotatable bonds is 2. The van der Waals surface area contributed by atoms with Gasteiger partial charge in [0, 0.05) is 24.3 Å². The van der Waals surface area contributed by atoms with Crippen LogP contribution < -0.4 is 10.6 Å². The lowest BCUT2D eigenvalue weighted by molar-refractivity contribution is -0.119. The molecule has 1 aromatic carbocycles. The van der Waals surface area contributed by atoms with Crippen LogP contribution >= 0.6 is 0 Å². The maximum atomic E-state index is 11.8. The van der Waals surface area contributed by atoms with Gasteiger partial charge in [0.1, 0.15) is 0 Å². The molecule has 0 radical (unpaired) electrons. The Morgan fingerprint density at radius 2 is 2.19 bits per heavy atom. The van der Waals surface area contributed by atoms with Crippen molar-refractivity contribution < 1.29 is 4.79 Å². The molecule has 0 unspecified atom stereocenters. The summed E-state index contributed by atoms with van der Waals surface area (Å²) in [6.07, 6.45) is 3.70. The Labute approximate surface area is 96.2 Å². The maximum Gasteiger partial charge on any atom is 0.226 e. The molecule has 0 spiro atoms. The molecule has 2 N–H and O–H groups in total. The highest BCUT2D eigenvalue weighted by atomic mass is 16.2.